The summed E-state index contributed by atoms with van der Waals surface area (Å²) in [5, 5.41) is 4.40. The topological polar surface area (TPSA) is 98.0 Å². The van der Waals surface area contributed by atoms with E-state index in [0.717, 1.165) is 5.56 Å². The fraction of sp³-hybridized carbons (Fsp3) is 0.0952. The molecule has 7 nitrogen and oxygen atoms in total. The third kappa shape index (κ3) is 4.71. The first kappa shape index (κ1) is 21.3. The van der Waals surface area contributed by atoms with Crippen molar-refractivity contribution in [2.24, 2.45) is 0 Å². The van der Waals surface area contributed by atoms with Crippen molar-refractivity contribution in [3.63, 3.8) is 0 Å². The van der Waals surface area contributed by atoms with Gasteiger partial charge < -0.3 is 4.52 Å². The maximum absolute atomic E-state index is 13.0. The molecule has 10 heteroatoms. The minimum Gasteiger partial charge on any atom is -0.339 e. The smallest absolute Gasteiger partial charge is 0.263 e. The Morgan fingerprint density at radius 3 is 2.65 bits per heavy atom. The number of halogens is 2. The highest BCUT2D eigenvalue weighted by molar-refractivity contribution is 7.92. The summed E-state index contributed by atoms with van der Waals surface area (Å²) in [6, 6.07) is 13.4. The lowest BCUT2D eigenvalue weighted by Gasteiger charge is -2.13. The zero-order valence-electron chi connectivity index (χ0n) is 16.2. The van der Waals surface area contributed by atoms with Gasteiger partial charge in [0.05, 0.1) is 17.1 Å². The molecule has 0 fully saturated rings. The zero-order chi connectivity index (χ0) is 22.0. The molecular weight excluding hydrogens is 459 g/mol. The maximum Gasteiger partial charge on any atom is 0.263 e. The van der Waals surface area contributed by atoms with E-state index < -0.39 is 10.0 Å². The fourth-order valence-corrected chi connectivity index (χ4v) is 4.85. The van der Waals surface area contributed by atoms with Crippen molar-refractivity contribution < 1.29 is 12.9 Å². The number of benzene rings is 2. The molecular formula is C21H16Cl2N4O3S. The first-order valence-electron chi connectivity index (χ1n) is 9.13. The molecule has 0 radical (unpaired) electrons. The summed E-state index contributed by atoms with van der Waals surface area (Å²) in [6.45, 7) is 1.71. The number of para-hydroxylation sites is 1. The van der Waals surface area contributed by atoms with Crippen LogP contribution in [0.3, 0.4) is 0 Å². The largest absolute Gasteiger partial charge is 0.339 e. The first-order chi connectivity index (χ1) is 14.8. The third-order valence-corrected chi connectivity index (χ3v) is 6.73. The van der Waals surface area contributed by atoms with E-state index in [0.29, 0.717) is 33.6 Å². The van der Waals surface area contributed by atoms with Crippen molar-refractivity contribution in [2.75, 3.05) is 4.72 Å². The summed E-state index contributed by atoms with van der Waals surface area (Å²) >= 11 is 12.2. The number of aryl methyl sites for hydroxylation is 1. The number of hydrogen-bond donors (Lipinski definition) is 1. The van der Waals surface area contributed by atoms with Crippen molar-refractivity contribution in [1.82, 2.24) is 15.1 Å². The van der Waals surface area contributed by atoms with Gasteiger partial charge >= 0.3 is 0 Å². The number of pyridine rings is 1. The summed E-state index contributed by atoms with van der Waals surface area (Å²) < 4.78 is 33.9. The van der Waals surface area contributed by atoms with Crippen LogP contribution >= 0.6 is 23.2 Å². The highest BCUT2D eigenvalue weighted by Gasteiger charge is 2.21. The van der Waals surface area contributed by atoms with Crippen LogP contribution in [-0.4, -0.2) is 23.5 Å². The summed E-state index contributed by atoms with van der Waals surface area (Å²) in [4.78, 5) is 8.36. The number of anilines is 1. The van der Waals surface area contributed by atoms with E-state index in [1.165, 1.54) is 12.1 Å². The predicted molar refractivity (Wildman–Crippen MR) is 119 cm³/mol. The molecule has 4 aromatic rings. The van der Waals surface area contributed by atoms with E-state index in [-0.39, 0.29) is 16.3 Å². The quantitative estimate of drug-likeness (QED) is 0.415. The van der Waals surface area contributed by atoms with Crippen LogP contribution in [-0.2, 0) is 16.4 Å². The van der Waals surface area contributed by atoms with Gasteiger partial charge in [0.25, 0.3) is 10.0 Å². The molecule has 0 aliphatic carbocycles. The lowest BCUT2D eigenvalue weighted by Crippen LogP contribution is -2.15. The second kappa shape index (κ2) is 8.66. The van der Waals surface area contributed by atoms with Crippen molar-refractivity contribution in [2.45, 2.75) is 18.2 Å². The Bertz CT molecular complexity index is 1340. The molecule has 2 aromatic heterocycles. The number of hydrogen-bond acceptors (Lipinski definition) is 6. The maximum atomic E-state index is 13.0. The highest BCUT2D eigenvalue weighted by atomic mass is 35.5. The average molecular weight is 475 g/mol. The first-order valence-corrected chi connectivity index (χ1v) is 11.4. The van der Waals surface area contributed by atoms with Gasteiger partial charge in [0.15, 0.2) is 0 Å². The Morgan fingerprint density at radius 1 is 1.06 bits per heavy atom. The Balaban J connectivity index is 1.61. The number of nitrogens with zero attached hydrogens (tertiary/aromatic N) is 3. The van der Waals surface area contributed by atoms with Crippen molar-refractivity contribution in [3.8, 4) is 11.4 Å². The molecule has 31 heavy (non-hydrogen) atoms. The molecule has 0 atom stereocenters. The van der Waals surface area contributed by atoms with Crippen molar-refractivity contribution >= 4 is 38.9 Å². The van der Waals surface area contributed by atoms with E-state index in [1.54, 1.807) is 49.6 Å². The summed E-state index contributed by atoms with van der Waals surface area (Å²) in [5.74, 6) is 0.746. The van der Waals surface area contributed by atoms with Crippen LogP contribution in [0, 0.1) is 6.92 Å². The van der Waals surface area contributed by atoms with Crippen LogP contribution in [0.4, 0.5) is 5.69 Å². The van der Waals surface area contributed by atoms with Gasteiger partial charge in [-0.15, -0.1) is 0 Å². The molecule has 4 rings (SSSR count). The highest BCUT2D eigenvalue weighted by Crippen LogP contribution is 2.30. The van der Waals surface area contributed by atoms with Gasteiger partial charge in [-0.2, -0.15) is 4.98 Å². The van der Waals surface area contributed by atoms with E-state index >= 15 is 0 Å². The van der Waals surface area contributed by atoms with Crippen LogP contribution in [0.1, 0.15) is 17.0 Å². The minimum atomic E-state index is -3.95. The van der Waals surface area contributed by atoms with Gasteiger partial charge in [-0.25, -0.2) is 8.42 Å². The zero-order valence-corrected chi connectivity index (χ0v) is 18.5. The van der Waals surface area contributed by atoms with Gasteiger partial charge in [0.1, 0.15) is 4.90 Å². The molecule has 2 aromatic carbocycles. The number of nitrogens with one attached hydrogen (secondary N) is 1. The van der Waals surface area contributed by atoms with Gasteiger partial charge in [0.2, 0.25) is 11.7 Å². The molecule has 0 aliphatic rings. The van der Waals surface area contributed by atoms with Crippen LogP contribution in [0.2, 0.25) is 10.0 Å². The number of aromatic nitrogens is 3. The average Bonchev–Trinajstić information content (AvgIpc) is 3.21. The van der Waals surface area contributed by atoms with Crippen LogP contribution in [0.25, 0.3) is 11.4 Å². The van der Waals surface area contributed by atoms with Gasteiger partial charge in [-0.05, 0) is 48.4 Å². The SMILES string of the molecule is Cc1cc(S(=O)(=O)Nc2ccccc2Cc2nc(-c3cccnc3)no2)c(Cl)cc1Cl. The van der Waals surface area contributed by atoms with Crippen molar-refractivity contribution in [3.05, 3.63) is 88.0 Å². The van der Waals surface area contributed by atoms with Gasteiger partial charge in [0, 0.05) is 23.0 Å². The van der Waals surface area contributed by atoms with Crippen molar-refractivity contribution in [1.29, 1.82) is 0 Å². The predicted octanol–water partition coefficient (Wildman–Crippen LogP) is 5.14. The van der Waals surface area contributed by atoms with E-state index in [4.69, 9.17) is 27.7 Å². The number of rotatable bonds is 6. The van der Waals surface area contributed by atoms with E-state index in [9.17, 15) is 8.42 Å². The Kier molecular flexibility index (Phi) is 5.95. The fourth-order valence-electron chi connectivity index (χ4n) is 2.91. The minimum absolute atomic E-state index is 0.0404. The van der Waals surface area contributed by atoms with E-state index in [1.807, 2.05) is 6.07 Å². The second-order valence-corrected chi connectivity index (χ2v) is 9.19. The Morgan fingerprint density at radius 2 is 1.87 bits per heavy atom. The standard InChI is InChI=1S/C21H16Cl2N4O3S/c1-13-9-19(17(23)11-16(13)22)31(28,29)27-18-7-3-2-5-14(18)10-20-25-21(26-30-20)15-6-4-8-24-12-15/h2-9,11-12,27H,10H2,1H3. The van der Waals surface area contributed by atoms with Crippen LogP contribution in [0.15, 0.2) is 70.3 Å². The Hall–Kier alpha value is -2.94. The number of sulfonamides is 1. The van der Waals surface area contributed by atoms with Gasteiger partial charge in [-0.1, -0.05) is 46.6 Å². The summed E-state index contributed by atoms with van der Waals surface area (Å²) in [7, 11) is -3.95. The molecule has 0 aliphatic heterocycles. The molecule has 2 heterocycles. The molecule has 158 valence electrons. The summed E-state index contributed by atoms with van der Waals surface area (Å²) in [5.41, 5.74) is 2.37. The van der Waals surface area contributed by atoms with Crippen LogP contribution in [0.5, 0.6) is 0 Å². The lowest BCUT2D eigenvalue weighted by molar-refractivity contribution is 0.386. The molecule has 0 spiro atoms. The molecule has 0 unspecified atom stereocenters. The normalized spacial score (nSPS) is 11.5. The molecule has 0 saturated carbocycles. The van der Waals surface area contributed by atoms with Gasteiger partial charge in [-0.3, -0.25) is 9.71 Å². The third-order valence-electron chi connectivity index (χ3n) is 4.49. The lowest BCUT2D eigenvalue weighted by atomic mass is 10.1. The molecule has 1 N–H and O–H groups in total. The monoisotopic (exact) mass is 474 g/mol. The molecule has 0 saturated heterocycles. The van der Waals surface area contributed by atoms with E-state index in [2.05, 4.69) is 19.8 Å². The Labute approximate surface area is 189 Å². The summed E-state index contributed by atoms with van der Waals surface area (Å²) in [6.07, 6.45) is 3.52. The molecule has 0 amide bonds. The second-order valence-electron chi connectivity index (χ2n) is 6.72. The molecule has 0 bridgehead atoms. The van der Waals surface area contributed by atoms with Crippen LogP contribution < -0.4 is 4.72 Å².